The number of morpholine rings is 1. The van der Waals surface area contributed by atoms with Crippen LogP contribution in [0.3, 0.4) is 0 Å². The van der Waals surface area contributed by atoms with Crippen molar-refractivity contribution in [2.24, 2.45) is 0 Å². The summed E-state index contributed by atoms with van der Waals surface area (Å²) in [5.74, 6) is 0.563. The molecule has 4 rings (SSSR count). The molecule has 1 aromatic carbocycles. The van der Waals surface area contributed by atoms with Crippen LogP contribution in [-0.4, -0.2) is 56.4 Å². The van der Waals surface area contributed by atoms with Gasteiger partial charge in [0.15, 0.2) is 5.76 Å². The molecular weight excluding hydrogens is 366 g/mol. The smallest absolute Gasteiger partial charge is 0.241 e. The number of nitrogens with one attached hydrogen (secondary N) is 1. The van der Waals surface area contributed by atoms with Crippen molar-refractivity contribution in [3.63, 3.8) is 0 Å². The molecule has 2 aliphatic rings. The lowest BCUT2D eigenvalue weighted by atomic mass is 10.1. The number of hydrogen-bond acceptors (Lipinski definition) is 6. The van der Waals surface area contributed by atoms with E-state index >= 15 is 0 Å². The molecule has 3 atom stereocenters. The fourth-order valence-corrected chi connectivity index (χ4v) is 5.46. The molecule has 27 heavy (non-hydrogen) atoms. The fourth-order valence-electron chi connectivity index (χ4n) is 3.95. The van der Waals surface area contributed by atoms with Crippen molar-refractivity contribution in [2.75, 3.05) is 19.7 Å². The highest BCUT2D eigenvalue weighted by atomic mass is 32.2. The van der Waals surface area contributed by atoms with E-state index in [0.717, 1.165) is 25.2 Å². The van der Waals surface area contributed by atoms with Crippen LogP contribution in [0.5, 0.6) is 0 Å². The highest BCUT2D eigenvalue weighted by molar-refractivity contribution is 7.89. The molecule has 0 radical (unpaired) electrons. The Morgan fingerprint density at radius 2 is 2.04 bits per heavy atom. The maximum atomic E-state index is 13.1. The number of sulfonamides is 1. The molecule has 2 saturated heterocycles. The average molecular weight is 391 g/mol. The first-order valence-corrected chi connectivity index (χ1v) is 10.7. The molecule has 2 fully saturated rings. The highest BCUT2D eigenvalue weighted by Crippen LogP contribution is 2.28. The zero-order valence-corrected chi connectivity index (χ0v) is 16.6. The molecular formula is C19H25N3O4S. The van der Waals surface area contributed by atoms with Gasteiger partial charge in [0.2, 0.25) is 10.0 Å². The van der Waals surface area contributed by atoms with Gasteiger partial charge in [-0.1, -0.05) is 17.3 Å². The van der Waals surface area contributed by atoms with Gasteiger partial charge in [-0.25, -0.2) is 13.1 Å². The molecule has 0 bridgehead atoms. The van der Waals surface area contributed by atoms with Gasteiger partial charge in [0.05, 0.1) is 23.3 Å². The number of benzene rings is 1. The second kappa shape index (κ2) is 7.01. The van der Waals surface area contributed by atoms with Crippen LogP contribution < -0.4 is 4.72 Å². The maximum Gasteiger partial charge on any atom is 0.241 e. The Labute approximate surface area is 159 Å². The first-order chi connectivity index (χ1) is 12.8. The largest absolute Gasteiger partial charge is 0.376 e. The van der Waals surface area contributed by atoms with Crippen molar-refractivity contribution >= 4 is 10.0 Å². The molecule has 7 nitrogen and oxygen atoms in total. The van der Waals surface area contributed by atoms with Crippen molar-refractivity contribution < 1.29 is 17.7 Å². The van der Waals surface area contributed by atoms with Crippen LogP contribution in [0, 0.1) is 13.8 Å². The van der Waals surface area contributed by atoms with Crippen molar-refractivity contribution in [3.8, 4) is 11.3 Å². The Morgan fingerprint density at radius 1 is 1.22 bits per heavy atom. The number of fused-ring (bicyclic) bond motifs is 1. The second-order valence-electron chi connectivity index (χ2n) is 7.62. The third kappa shape index (κ3) is 3.80. The van der Waals surface area contributed by atoms with E-state index in [1.165, 1.54) is 0 Å². The normalized spacial score (nSPS) is 26.3. The van der Waals surface area contributed by atoms with Gasteiger partial charge in [0.25, 0.3) is 0 Å². The number of rotatable bonds is 4. The summed E-state index contributed by atoms with van der Waals surface area (Å²) in [5.41, 5.74) is 2.16. The minimum Gasteiger partial charge on any atom is -0.376 e. The highest BCUT2D eigenvalue weighted by Gasteiger charge is 2.38. The van der Waals surface area contributed by atoms with Crippen LogP contribution in [0.4, 0.5) is 0 Å². The van der Waals surface area contributed by atoms with Gasteiger partial charge >= 0.3 is 0 Å². The van der Waals surface area contributed by atoms with Crippen molar-refractivity contribution in [1.29, 1.82) is 0 Å². The Bertz CT molecular complexity index is 940. The minimum absolute atomic E-state index is 0.107. The predicted molar refractivity (Wildman–Crippen MR) is 101 cm³/mol. The van der Waals surface area contributed by atoms with Gasteiger partial charge in [0.1, 0.15) is 0 Å². The third-order valence-electron chi connectivity index (χ3n) is 5.30. The Hall–Kier alpha value is -1.74. The number of ether oxygens (including phenoxy) is 1. The summed E-state index contributed by atoms with van der Waals surface area (Å²) in [6.07, 6.45) is 0.965. The summed E-state index contributed by atoms with van der Waals surface area (Å²) in [6.45, 7) is 7.92. The number of aromatic nitrogens is 1. The van der Waals surface area contributed by atoms with Gasteiger partial charge in [-0.2, -0.15) is 0 Å². The van der Waals surface area contributed by atoms with E-state index in [1.54, 1.807) is 25.1 Å². The molecule has 146 valence electrons. The average Bonchev–Trinajstić information content (AvgIpc) is 3.20. The zero-order chi connectivity index (χ0) is 19.2. The third-order valence-corrected chi connectivity index (χ3v) is 6.97. The van der Waals surface area contributed by atoms with Gasteiger partial charge in [-0.05, 0) is 38.8 Å². The number of hydrogen-bond donors (Lipinski definition) is 1. The zero-order valence-electron chi connectivity index (χ0n) is 15.8. The fraction of sp³-hybridized carbons (Fsp3) is 0.526. The van der Waals surface area contributed by atoms with E-state index in [9.17, 15) is 8.42 Å². The molecule has 3 heterocycles. The molecule has 0 amide bonds. The maximum absolute atomic E-state index is 13.1. The van der Waals surface area contributed by atoms with Crippen LogP contribution in [0.1, 0.15) is 24.6 Å². The Balaban J connectivity index is 1.55. The van der Waals surface area contributed by atoms with Crippen molar-refractivity contribution in [3.05, 3.63) is 35.5 Å². The lowest BCUT2D eigenvalue weighted by Gasteiger charge is -2.33. The summed E-state index contributed by atoms with van der Waals surface area (Å²) >= 11 is 0. The summed E-state index contributed by atoms with van der Waals surface area (Å²) in [7, 11) is -3.63. The molecule has 0 unspecified atom stereocenters. The quantitative estimate of drug-likeness (QED) is 0.859. The van der Waals surface area contributed by atoms with E-state index in [1.807, 2.05) is 19.9 Å². The minimum atomic E-state index is -3.63. The molecule has 1 aromatic heterocycles. The van der Waals surface area contributed by atoms with Gasteiger partial charge in [0, 0.05) is 36.8 Å². The lowest BCUT2D eigenvalue weighted by Crippen LogP contribution is -2.45. The SMILES string of the molecule is Cc1cc(-c2ccc(C)c(S(=O)(=O)N[C@@H]3C[C@H]4CO[C@@H](C)CN4C3)c2)on1. The monoisotopic (exact) mass is 391 g/mol. The van der Waals surface area contributed by atoms with Crippen LogP contribution >= 0.6 is 0 Å². The van der Waals surface area contributed by atoms with Gasteiger partial charge < -0.3 is 9.26 Å². The van der Waals surface area contributed by atoms with E-state index in [0.29, 0.717) is 29.5 Å². The molecule has 2 aliphatic heterocycles. The van der Waals surface area contributed by atoms with Crippen LogP contribution in [0.15, 0.2) is 33.7 Å². The molecule has 8 heteroatoms. The molecule has 2 aromatic rings. The second-order valence-corrected chi connectivity index (χ2v) is 9.30. The summed E-state index contributed by atoms with van der Waals surface area (Å²) < 4.78 is 40.0. The number of aryl methyl sites for hydroxylation is 2. The van der Waals surface area contributed by atoms with E-state index < -0.39 is 10.0 Å². The summed E-state index contributed by atoms with van der Waals surface area (Å²) in [5, 5.41) is 3.88. The first-order valence-electron chi connectivity index (χ1n) is 9.24. The first kappa shape index (κ1) is 18.6. The summed E-state index contributed by atoms with van der Waals surface area (Å²) in [4.78, 5) is 2.60. The molecule has 0 saturated carbocycles. The summed E-state index contributed by atoms with van der Waals surface area (Å²) in [6, 6.07) is 7.29. The molecule has 1 N–H and O–H groups in total. The van der Waals surface area contributed by atoms with E-state index in [-0.39, 0.29) is 17.0 Å². The Morgan fingerprint density at radius 3 is 2.78 bits per heavy atom. The van der Waals surface area contributed by atoms with E-state index in [4.69, 9.17) is 9.26 Å². The van der Waals surface area contributed by atoms with Crippen LogP contribution in [0.25, 0.3) is 11.3 Å². The van der Waals surface area contributed by atoms with Crippen molar-refractivity contribution in [2.45, 2.75) is 50.3 Å². The van der Waals surface area contributed by atoms with Crippen LogP contribution in [-0.2, 0) is 14.8 Å². The van der Waals surface area contributed by atoms with E-state index in [2.05, 4.69) is 14.8 Å². The molecule has 0 spiro atoms. The predicted octanol–water partition coefficient (Wildman–Crippen LogP) is 2.10. The standard InChI is InChI=1S/C19H25N3O4S/c1-12-4-5-15(18-6-13(2)20-26-18)7-19(12)27(23,24)21-16-8-17-11-25-14(3)9-22(17)10-16/h4-7,14,16-17,21H,8-11H2,1-3H3/t14-,16+,17-/m0/s1. The van der Waals surface area contributed by atoms with Crippen molar-refractivity contribution in [1.82, 2.24) is 14.8 Å². The number of nitrogens with zero attached hydrogens (tertiary/aromatic N) is 2. The van der Waals surface area contributed by atoms with Gasteiger partial charge in [-0.15, -0.1) is 0 Å². The topological polar surface area (TPSA) is 84.7 Å². The lowest BCUT2D eigenvalue weighted by molar-refractivity contribution is -0.0390. The molecule has 0 aliphatic carbocycles. The van der Waals surface area contributed by atoms with Gasteiger partial charge in [-0.3, -0.25) is 4.90 Å². The Kier molecular flexibility index (Phi) is 4.84. The van der Waals surface area contributed by atoms with Crippen LogP contribution in [0.2, 0.25) is 0 Å².